The molecule has 0 unspecified atom stereocenters. The van der Waals surface area contributed by atoms with E-state index in [1.54, 1.807) is 12.1 Å². The summed E-state index contributed by atoms with van der Waals surface area (Å²) < 4.78 is 14.5. The zero-order valence-electron chi connectivity index (χ0n) is 9.24. The van der Waals surface area contributed by atoms with Crippen LogP contribution in [0.1, 0.15) is 0 Å². The maximum atomic E-state index is 6.12. The number of ether oxygens (including phenoxy) is 2. The number of hydrogen-bond donors (Lipinski definition) is 0. The molecule has 0 aliphatic carbocycles. The Morgan fingerprint density at radius 1 is 0.650 bits per heavy atom. The molecule has 3 rings (SSSR count). The molecule has 0 spiro atoms. The fraction of sp³-hybridized carbons (Fsp3) is 0. The molecule has 2 aromatic rings. The maximum absolute atomic E-state index is 6.12. The molecule has 0 radical (unpaired) electrons. The van der Waals surface area contributed by atoms with E-state index in [9.17, 15) is 0 Å². The minimum absolute atomic E-state index is 0.506. The Hall–Kier alpha value is 0.540. The maximum Gasteiger partial charge on any atom is 0.187 e. The van der Waals surface area contributed by atoms with Gasteiger partial charge in [0.05, 0.1) is 27.9 Å². The third-order valence-electron chi connectivity index (χ3n) is 2.58. The largest absolute Gasteiger partial charge is 0.447 e. The van der Waals surface area contributed by atoms with Gasteiger partial charge in [0.15, 0.2) is 23.0 Å². The quantitative estimate of drug-likeness (QED) is 0.256. The first-order chi connectivity index (χ1) is 9.40. The Balaban J connectivity index is 2.27. The Morgan fingerprint density at radius 3 is 1.35 bits per heavy atom. The number of hydrogen-bond acceptors (Lipinski definition) is 2. The molecular formula is C12H2Br4Cl2O2. The number of rotatable bonds is 0. The Bertz CT molecular complexity index is 686. The average Bonchev–Trinajstić information content (AvgIpc) is 2.41. The first-order valence-electron chi connectivity index (χ1n) is 5.11. The number of fused-ring (bicyclic) bond motifs is 2. The summed E-state index contributed by atoms with van der Waals surface area (Å²) >= 11 is 25.9. The third-order valence-corrected chi connectivity index (χ3v) is 6.38. The van der Waals surface area contributed by atoms with E-state index in [2.05, 4.69) is 63.7 Å². The minimum Gasteiger partial charge on any atom is -0.447 e. The van der Waals surface area contributed by atoms with Gasteiger partial charge in [-0.25, -0.2) is 0 Å². The van der Waals surface area contributed by atoms with Crippen molar-refractivity contribution in [3.8, 4) is 23.0 Å². The van der Waals surface area contributed by atoms with E-state index in [4.69, 9.17) is 32.7 Å². The van der Waals surface area contributed by atoms with Gasteiger partial charge >= 0.3 is 0 Å². The lowest BCUT2D eigenvalue weighted by atomic mass is 10.2. The normalized spacial score (nSPS) is 12.3. The highest BCUT2D eigenvalue weighted by molar-refractivity contribution is 9.11. The lowest BCUT2D eigenvalue weighted by Crippen LogP contribution is -2.02. The summed E-state index contributed by atoms with van der Waals surface area (Å²) in [4.78, 5) is 0. The van der Waals surface area contributed by atoms with Crippen LogP contribution < -0.4 is 9.47 Å². The van der Waals surface area contributed by atoms with Crippen LogP contribution in [0, 0.1) is 0 Å². The van der Waals surface area contributed by atoms with Gasteiger partial charge in [0.25, 0.3) is 0 Å². The first kappa shape index (κ1) is 15.4. The van der Waals surface area contributed by atoms with Crippen molar-refractivity contribution in [2.75, 3.05) is 0 Å². The van der Waals surface area contributed by atoms with Gasteiger partial charge in [-0.1, -0.05) is 23.2 Å². The van der Waals surface area contributed by atoms with Crippen molar-refractivity contribution in [3.63, 3.8) is 0 Å². The lowest BCUT2D eigenvalue weighted by Gasteiger charge is -2.25. The van der Waals surface area contributed by atoms with E-state index in [1.807, 2.05) is 0 Å². The summed E-state index contributed by atoms with van der Waals surface area (Å²) in [5.74, 6) is 2.07. The second-order valence-corrected chi connectivity index (χ2v) is 7.94. The fourth-order valence-corrected chi connectivity index (χ4v) is 4.07. The molecule has 0 N–H and O–H groups in total. The monoisotopic (exact) mass is 564 g/mol. The van der Waals surface area contributed by atoms with E-state index in [0.29, 0.717) is 50.9 Å². The smallest absolute Gasteiger partial charge is 0.187 e. The second kappa shape index (κ2) is 5.63. The Morgan fingerprint density at radius 2 is 1.00 bits per heavy atom. The Kier molecular flexibility index (Phi) is 4.35. The van der Waals surface area contributed by atoms with Crippen LogP contribution in [-0.2, 0) is 0 Å². The summed E-state index contributed by atoms with van der Waals surface area (Å²) in [6, 6.07) is 3.46. The fourth-order valence-electron chi connectivity index (χ4n) is 1.69. The molecule has 0 atom stereocenters. The van der Waals surface area contributed by atoms with Gasteiger partial charge in [-0.05, 0) is 75.9 Å². The van der Waals surface area contributed by atoms with Gasteiger partial charge in [0.2, 0.25) is 0 Å². The predicted octanol–water partition coefficient (Wildman–Crippen LogP) is 7.94. The number of benzene rings is 2. The van der Waals surface area contributed by atoms with Crippen molar-refractivity contribution in [3.05, 3.63) is 40.1 Å². The summed E-state index contributed by atoms with van der Waals surface area (Å²) in [7, 11) is 0. The van der Waals surface area contributed by atoms with Crippen LogP contribution in [0.2, 0.25) is 10.0 Å². The molecule has 104 valence electrons. The molecule has 1 heterocycles. The molecule has 0 bridgehead atoms. The van der Waals surface area contributed by atoms with E-state index in [-0.39, 0.29) is 0 Å². The van der Waals surface area contributed by atoms with Crippen molar-refractivity contribution in [2.45, 2.75) is 0 Å². The van der Waals surface area contributed by atoms with Gasteiger partial charge in [0.1, 0.15) is 0 Å². The predicted molar refractivity (Wildman–Crippen MR) is 93.9 cm³/mol. The highest BCUT2D eigenvalue weighted by atomic mass is 79.9. The minimum atomic E-state index is 0.506. The zero-order valence-corrected chi connectivity index (χ0v) is 17.1. The van der Waals surface area contributed by atoms with Crippen molar-refractivity contribution < 1.29 is 9.47 Å². The highest BCUT2D eigenvalue weighted by Gasteiger charge is 2.29. The van der Waals surface area contributed by atoms with Crippen LogP contribution in [0.3, 0.4) is 0 Å². The second-order valence-electron chi connectivity index (χ2n) is 3.83. The SMILES string of the molecule is Clc1cc(Br)c2c(c1Br)Oc1c(Br)cc(Cl)c(Br)c1O2. The molecule has 0 aromatic heterocycles. The molecule has 0 amide bonds. The summed E-state index contributed by atoms with van der Waals surface area (Å²) in [6.45, 7) is 0. The molecule has 2 nitrogen and oxygen atoms in total. The average molecular weight is 569 g/mol. The molecule has 0 saturated heterocycles. The molecule has 1 aliphatic heterocycles. The molecule has 20 heavy (non-hydrogen) atoms. The van der Waals surface area contributed by atoms with Gasteiger partial charge in [-0.2, -0.15) is 0 Å². The van der Waals surface area contributed by atoms with E-state index in [1.165, 1.54) is 0 Å². The highest BCUT2D eigenvalue weighted by Crippen LogP contribution is 2.58. The van der Waals surface area contributed by atoms with Gasteiger partial charge in [-0.3, -0.25) is 0 Å². The van der Waals surface area contributed by atoms with Crippen LogP contribution in [0.4, 0.5) is 0 Å². The van der Waals surface area contributed by atoms with Crippen LogP contribution in [-0.4, -0.2) is 0 Å². The number of halogens is 6. The van der Waals surface area contributed by atoms with Crippen LogP contribution in [0.5, 0.6) is 23.0 Å². The van der Waals surface area contributed by atoms with Crippen molar-refractivity contribution >= 4 is 86.9 Å². The third kappa shape index (κ3) is 2.42. The summed E-state index contributed by atoms with van der Waals surface area (Å²) in [5, 5.41) is 1.04. The van der Waals surface area contributed by atoms with Crippen molar-refractivity contribution in [1.82, 2.24) is 0 Å². The molecular weight excluding hydrogens is 567 g/mol. The summed E-state index contributed by atoms with van der Waals surface area (Å²) in [5.41, 5.74) is 0. The van der Waals surface area contributed by atoms with E-state index < -0.39 is 0 Å². The van der Waals surface area contributed by atoms with Gasteiger partial charge < -0.3 is 9.47 Å². The zero-order chi connectivity index (χ0) is 14.6. The van der Waals surface area contributed by atoms with Gasteiger partial charge in [-0.15, -0.1) is 0 Å². The summed E-state index contributed by atoms with van der Waals surface area (Å²) in [6.07, 6.45) is 0. The van der Waals surface area contributed by atoms with Crippen molar-refractivity contribution in [1.29, 1.82) is 0 Å². The van der Waals surface area contributed by atoms with Crippen LogP contribution >= 0.6 is 86.9 Å². The standard InChI is InChI=1S/C12H2Br4Cl2O2/c13-3-1-5(17)7(15)11-9(3)19-12-8(16)6(18)2-4(14)10(12)20-11/h1-2H. The molecule has 0 saturated carbocycles. The van der Waals surface area contributed by atoms with Crippen LogP contribution in [0.25, 0.3) is 0 Å². The molecule has 8 heteroatoms. The topological polar surface area (TPSA) is 18.5 Å². The van der Waals surface area contributed by atoms with E-state index in [0.717, 1.165) is 0 Å². The Labute approximate surface area is 158 Å². The van der Waals surface area contributed by atoms with Gasteiger partial charge in [0, 0.05) is 0 Å². The molecule has 1 aliphatic rings. The van der Waals surface area contributed by atoms with E-state index >= 15 is 0 Å². The van der Waals surface area contributed by atoms with Crippen molar-refractivity contribution in [2.24, 2.45) is 0 Å². The lowest BCUT2D eigenvalue weighted by molar-refractivity contribution is 0.352. The first-order valence-corrected chi connectivity index (χ1v) is 9.03. The molecule has 2 aromatic carbocycles. The van der Waals surface area contributed by atoms with Crippen LogP contribution in [0.15, 0.2) is 30.0 Å². The molecule has 0 fully saturated rings.